The van der Waals surface area contributed by atoms with Gasteiger partial charge in [0.15, 0.2) is 11.0 Å². The Labute approximate surface area is 161 Å². The van der Waals surface area contributed by atoms with Crippen LogP contribution in [0.3, 0.4) is 0 Å². The number of rotatable bonds is 7. The molecule has 0 aliphatic rings. The van der Waals surface area contributed by atoms with Crippen LogP contribution in [0.4, 0.5) is 0 Å². The summed E-state index contributed by atoms with van der Waals surface area (Å²) in [5.74, 6) is 1.13. The Morgan fingerprint density at radius 1 is 1.27 bits per heavy atom. The Morgan fingerprint density at radius 3 is 2.77 bits per heavy atom. The van der Waals surface area contributed by atoms with Crippen molar-refractivity contribution in [3.05, 3.63) is 45.9 Å². The van der Waals surface area contributed by atoms with E-state index in [0.717, 1.165) is 38.5 Å². The topological polar surface area (TPSA) is 72.7 Å². The average Bonchev–Trinajstić information content (AvgIpc) is 3.24. The average molecular weight is 388 g/mol. The van der Waals surface area contributed by atoms with Crippen molar-refractivity contribution in [2.45, 2.75) is 39.0 Å². The van der Waals surface area contributed by atoms with Crippen molar-refractivity contribution in [3.63, 3.8) is 0 Å². The van der Waals surface area contributed by atoms with Crippen LogP contribution >= 0.6 is 23.1 Å². The number of aromatic nitrogens is 4. The van der Waals surface area contributed by atoms with Gasteiger partial charge in [-0.1, -0.05) is 36.0 Å². The Morgan fingerprint density at radius 2 is 2.08 bits per heavy atom. The van der Waals surface area contributed by atoms with Gasteiger partial charge < -0.3 is 9.88 Å². The maximum absolute atomic E-state index is 12.1. The molecule has 0 saturated heterocycles. The number of carbonyl (C=O) groups excluding carboxylic acids is 1. The van der Waals surface area contributed by atoms with Gasteiger partial charge in [-0.05, 0) is 26.3 Å². The molecule has 2 heterocycles. The molecule has 0 aliphatic heterocycles. The fourth-order valence-corrected chi connectivity index (χ4v) is 4.12. The molecule has 0 saturated carbocycles. The second-order valence-corrected chi connectivity index (χ2v) is 8.04. The fraction of sp³-hybridized carbons (Fsp3) is 0.333. The van der Waals surface area contributed by atoms with E-state index in [1.165, 1.54) is 11.8 Å². The number of thiazole rings is 1. The van der Waals surface area contributed by atoms with E-state index in [9.17, 15) is 4.79 Å². The second kappa shape index (κ2) is 8.46. The monoisotopic (exact) mass is 387 g/mol. The highest BCUT2D eigenvalue weighted by Gasteiger charge is 2.15. The summed E-state index contributed by atoms with van der Waals surface area (Å²) in [6.45, 7) is 7.34. The molecule has 136 valence electrons. The number of carbonyl (C=O) groups is 1. The zero-order valence-electron chi connectivity index (χ0n) is 15.0. The predicted molar refractivity (Wildman–Crippen MR) is 105 cm³/mol. The lowest BCUT2D eigenvalue weighted by atomic mass is 10.1. The van der Waals surface area contributed by atoms with Crippen LogP contribution in [0.1, 0.15) is 22.4 Å². The molecule has 1 aromatic carbocycles. The minimum Gasteiger partial charge on any atom is -0.350 e. The zero-order chi connectivity index (χ0) is 18.5. The summed E-state index contributed by atoms with van der Waals surface area (Å²) in [5, 5.41) is 13.3. The Hall–Kier alpha value is -2.19. The summed E-state index contributed by atoms with van der Waals surface area (Å²) < 4.78 is 2.05. The minimum atomic E-state index is -0.0239. The molecule has 0 atom stereocenters. The number of amides is 1. The van der Waals surface area contributed by atoms with Gasteiger partial charge in [0.1, 0.15) is 0 Å². The van der Waals surface area contributed by atoms with Crippen molar-refractivity contribution in [2.24, 2.45) is 0 Å². The summed E-state index contributed by atoms with van der Waals surface area (Å²) >= 11 is 3.00. The van der Waals surface area contributed by atoms with Crippen molar-refractivity contribution in [1.29, 1.82) is 0 Å². The third-order valence-corrected chi connectivity index (χ3v) is 5.76. The molecule has 0 unspecified atom stereocenters. The molecular formula is C18H21N5OS2. The fourth-order valence-electron chi connectivity index (χ4n) is 2.56. The third kappa shape index (κ3) is 4.31. The number of nitrogens with zero attached hydrogens (tertiary/aromatic N) is 4. The highest BCUT2D eigenvalue weighted by atomic mass is 32.2. The highest BCUT2D eigenvalue weighted by Crippen LogP contribution is 2.26. The van der Waals surface area contributed by atoms with E-state index in [1.807, 2.05) is 29.7 Å². The normalized spacial score (nSPS) is 10.9. The molecular weight excluding hydrogens is 366 g/mol. The first kappa shape index (κ1) is 18.6. The van der Waals surface area contributed by atoms with E-state index in [4.69, 9.17) is 0 Å². The van der Waals surface area contributed by atoms with E-state index in [-0.39, 0.29) is 5.91 Å². The Bertz CT molecular complexity index is 903. The van der Waals surface area contributed by atoms with Crippen molar-refractivity contribution in [1.82, 2.24) is 25.1 Å². The van der Waals surface area contributed by atoms with Gasteiger partial charge in [-0.2, -0.15) is 0 Å². The molecule has 2 aromatic heterocycles. The molecule has 3 rings (SSSR count). The van der Waals surface area contributed by atoms with Crippen LogP contribution in [-0.4, -0.2) is 31.4 Å². The lowest BCUT2D eigenvalue weighted by Gasteiger charge is -2.09. The summed E-state index contributed by atoms with van der Waals surface area (Å²) in [4.78, 5) is 17.4. The number of benzene rings is 1. The van der Waals surface area contributed by atoms with Crippen molar-refractivity contribution < 1.29 is 4.79 Å². The second-order valence-electron chi connectivity index (χ2n) is 5.78. The molecule has 8 heteroatoms. The van der Waals surface area contributed by atoms with E-state index in [2.05, 4.69) is 40.4 Å². The highest BCUT2D eigenvalue weighted by molar-refractivity contribution is 7.99. The summed E-state index contributed by atoms with van der Waals surface area (Å²) in [7, 11) is 0. The molecule has 0 fully saturated rings. The van der Waals surface area contributed by atoms with Crippen LogP contribution in [0.2, 0.25) is 0 Å². The lowest BCUT2D eigenvalue weighted by molar-refractivity contribution is -0.118. The first-order valence-electron chi connectivity index (χ1n) is 8.38. The number of hydrogen-bond donors (Lipinski definition) is 1. The number of hydrogen-bond acceptors (Lipinski definition) is 6. The van der Waals surface area contributed by atoms with Gasteiger partial charge in [0.2, 0.25) is 5.91 Å². The largest absolute Gasteiger partial charge is 0.350 e. The first-order valence-corrected chi connectivity index (χ1v) is 10.2. The lowest BCUT2D eigenvalue weighted by Crippen LogP contribution is -2.24. The molecule has 0 aliphatic carbocycles. The third-order valence-electron chi connectivity index (χ3n) is 3.88. The Balaban J connectivity index is 1.63. The maximum Gasteiger partial charge on any atom is 0.230 e. The van der Waals surface area contributed by atoms with Gasteiger partial charge in [0.25, 0.3) is 0 Å². The van der Waals surface area contributed by atoms with E-state index >= 15 is 0 Å². The van der Waals surface area contributed by atoms with Crippen LogP contribution < -0.4 is 5.32 Å². The van der Waals surface area contributed by atoms with Gasteiger partial charge in [-0.3, -0.25) is 4.79 Å². The smallest absolute Gasteiger partial charge is 0.230 e. The van der Waals surface area contributed by atoms with Crippen LogP contribution in [0.25, 0.3) is 11.4 Å². The predicted octanol–water partition coefficient (Wildman–Crippen LogP) is 3.45. The SMILES string of the molecule is CCn1c(SCC(=O)NCc2cnc(C)s2)nnc1-c1ccccc1C. The number of thioether (sulfide) groups is 1. The van der Waals surface area contributed by atoms with Crippen LogP contribution in [0.5, 0.6) is 0 Å². The quantitative estimate of drug-likeness (QED) is 0.629. The molecule has 0 bridgehead atoms. The van der Waals surface area contributed by atoms with Gasteiger partial charge in [-0.25, -0.2) is 4.98 Å². The Kier molecular flexibility index (Phi) is 6.05. The van der Waals surface area contributed by atoms with Gasteiger partial charge in [0.05, 0.1) is 17.3 Å². The van der Waals surface area contributed by atoms with Crippen LogP contribution in [-0.2, 0) is 17.9 Å². The van der Waals surface area contributed by atoms with Gasteiger partial charge in [-0.15, -0.1) is 21.5 Å². The summed E-state index contributed by atoms with van der Waals surface area (Å²) in [6, 6.07) is 8.11. The van der Waals surface area contributed by atoms with Gasteiger partial charge >= 0.3 is 0 Å². The molecule has 0 spiro atoms. The molecule has 0 radical (unpaired) electrons. The molecule has 1 N–H and O–H groups in total. The van der Waals surface area contributed by atoms with E-state index in [0.29, 0.717) is 12.3 Å². The molecule has 26 heavy (non-hydrogen) atoms. The number of aryl methyl sites for hydroxylation is 2. The standard InChI is InChI=1S/C18H21N5OS2/c1-4-23-17(15-8-6-5-7-12(15)2)21-22-18(23)25-11-16(24)20-10-14-9-19-13(3)26-14/h5-9H,4,10-11H2,1-3H3,(H,20,24). The first-order chi connectivity index (χ1) is 12.6. The maximum atomic E-state index is 12.1. The van der Waals surface area contributed by atoms with Crippen LogP contribution in [0.15, 0.2) is 35.6 Å². The minimum absolute atomic E-state index is 0.0239. The molecule has 1 amide bonds. The van der Waals surface area contributed by atoms with Crippen molar-refractivity contribution in [2.75, 3.05) is 5.75 Å². The van der Waals surface area contributed by atoms with Crippen molar-refractivity contribution >= 4 is 29.0 Å². The van der Waals surface area contributed by atoms with Crippen LogP contribution in [0, 0.1) is 13.8 Å². The number of nitrogens with one attached hydrogen (secondary N) is 1. The zero-order valence-corrected chi connectivity index (χ0v) is 16.7. The van der Waals surface area contributed by atoms with Crippen molar-refractivity contribution in [3.8, 4) is 11.4 Å². The summed E-state index contributed by atoms with van der Waals surface area (Å²) in [5.41, 5.74) is 2.22. The molecule has 6 nitrogen and oxygen atoms in total. The van der Waals surface area contributed by atoms with Gasteiger partial charge in [0, 0.05) is 23.2 Å². The summed E-state index contributed by atoms with van der Waals surface area (Å²) in [6.07, 6.45) is 1.80. The van der Waals surface area contributed by atoms with E-state index in [1.54, 1.807) is 17.5 Å². The van der Waals surface area contributed by atoms with E-state index < -0.39 is 0 Å². The molecule has 3 aromatic rings.